The molecule has 7 nitrogen and oxygen atoms in total. The first kappa shape index (κ1) is 19.8. The van der Waals surface area contributed by atoms with Crippen molar-refractivity contribution in [2.75, 3.05) is 11.9 Å². The predicted octanol–water partition coefficient (Wildman–Crippen LogP) is 3.70. The van der Waals surface area contributed by atoms with Gasteiger partial charge in [0.2, 0.25) is 5.91 Å². The number of nitrogens with one attached hydrogen (secondary N) is 1. The molecule has 1 saturated heterocycles. The Kier molecular flexibility index (Phi) is 5.04. The van der Waals surface area contributed by atoms with E-state index in [9.17, 15) is 18.0 Å². The number of carbonyl (C=O) groups is 1. The predicted molar refractivity (Wildman–Crippen MR) is 100 cm³/mol. The van der Waals surface area contributed by atoms with Gasteiger partial charge < -0.3 is 10.2 Å². The van der Waals surface area contributed by atoms with Crippen LogP contribution in [0.5, 0.6) is 0 Å². The maximum Gasteiger partial charge on any atom is 0.410 e. The number of alkyl halides is 3. The average Bonchev–Trinajstić information content (AvgIpc) is 3.38. The van der Waals surface area contributed by atoms with Crippen molar-refractivity contribution in [2.24, 2.45) is 0 Å². The van der Waals surface area contributed by atoms with Crippen molar-refractivity contribution in [3.05, 3.63) is 30.2 Å². The van der Waals surface area contributed by atoms with Gasteiger partial charge in [0.15, 0.2) is 6.04 Å². The summed E-state index contributed by atoms with van der Waals surface area (Å²) in [6.07, 6.45) is 0.844. The van der Waals surface area contributed by atoms with Gasteiger partial charge in [-0.2, -0.15) is 23.4 Å². The summed E-state index contributed by atoms with van der Waals surface area (Å²) in [6, 6.07) is 1.15. The van der Waals surface area contributed by atoms with E-state index in [-0.39, 0.29) is 36.9 Å². The SMILES string of the molecule is C[C@@H]1C[C@H](C(F)(F)F)n2nc([C@H]3CCCN3C(=O)C[C@@H](C)n3cccn3)cc2N1. The molecule has 2 aromatic heterocycles. The molecular formula is C19H25F3N6O. The number of rotatable bonds is 4. The van der Waals surface area contributed by atoms with Crippen LogP contribution >= 0.6 is 0 Å². The van der Waals surface area contributed by atoms with Crippen LogP contribution in [0.15, 0.2) is 24.5 Å². The lowest BCUT2D eigenvalue weighted by atomic mass is 10.1. The van der Waals surface area contributed by atoms with Gasteiger partial charge in [0, 0.05) is 37.5 Å². The molecule has 29 heavy (non-hydrogen) atoms. The second kappa shape index (κ2) is 7.38. The molecule has 4 atom stereocenters. The zero-order valence-corrected chi connectivity index (χ0v) is 16.4. The van der Waals surface area contributed by atoms with Gasteiger partial charge in [-0.25, -0.2) is 4.68 Å². The largest absolute Gasteiger partial charge is 0.410 e. The molecule has 2 aromatic rings. The Bertz CT molecular complexity index is 862. The van der Waals surface area contributed by atoms with E-state index in [0.717, 1.165) is 11.1 Å². The van der Waals surface area contributed by atoms with Gasteiger partial charge in [0.05, 0.1) is 17.8 Å². The van der Waals surface area contributed by atoms with Gasteiger partial charge in [-0.15, -0.1) is 0 Å². The molecule has 10 heteroatoms. The van der Waals surface area contributed by atoms with Crippen molar-refractivity contribution in [2.45, 2.75) is 69.9 Å². The van der Waals surface area contributed by atoms with Crippen LogP contribution in [-0.4, -0.2) is 49.1 Å². The molecule has 0 spiro atoms. The van der Waals surface area contributed by atoms with E-state index in [1.807, 2.05) is 13.1 Å². The third kappa shape index (κ3) is 3.84. The van der Waals surface area contributed by atoms with Crippen molar-refractivity contribution in [1.82, 2.24) is 24.5 Å². The number of halogens is 3. The van der Waals surface area contributed by atoms with Gasteiger partial charge in [-0.3, -0.25) is 9.48 Å². The van der Waals surface area contributed by atoms with Gasteiger partial charge >= 0.3 is 6.18 Å². The van der Waals surface area contributed by atoms with Crippen LogP contribution in [-0.2, 0) is 4.79 Å². The summed E-state index contributed by atoms with van der Waals surface area (Å²) in [5.74, 6) is 0.334. The first-order chi connectivity index (χ1) is 13.7. The summed E-state index contributed by atoms with van der Waals surface area (Å²) >= 11 is 0. The average molecular weight is 410 g/mol. The fraction of sp³-hybridized carbons (Fsp3) is 0.632. The van der Waals surface area contributed by atoms with Crippen molar-refractivity contribution in [3.8, 4) is 0 Å². The Morgan fingerprint density at radius 3 is 2.90 bits per heavy atom. The smallest absolute Gasteiger partial charge is 0.368 e. The monoisotopic (exact) mass is 410 g/mol. The van der Waals surface area contributed by atoms with Crippen LogP contribution in [0.3, 0.4) is 0 Å². The van der Waals surface area contributed by atoms with E-state index in [1.54, 1.807) is 34.8 Å². The molecule has 4 rings (SSSR count). The lowest BCUT2D eigenvalue weighted by molar-refractivity contribution is -0.173. The Labute approximate surface area is 166 Å². The summed E-state index contributed by atoms with van der Waals surface area (Å²) in [6.45, 7) is 4.24. The third-order valence-corrected chi connectivity index (χ3v) is 5.76. The Hall–Kier alpha value is -2.52. The number of anilines is 1. The van der Waals surface area contributed by atoms with Crippen LogP contribution in [0.1, 0.15) is 63.4 Å². The molecule has 0 aromatic carbocycles. The van der Waals surface area contributed by atoms with Gasteiger partial charge in [0.25, 0.3) is 0 Å². The highest BCUT2D eigenvalue weighted by atomic mass is 19.4. The van der Waals surface area contributed by atoms with Gasteiger partial charge in [-0.1, -0.05) is 0 Å². The Morgan fingerprint density at radius 1 is 1.41 bits per heavy atom. The highest BCUT2D eigenvalue weighted by molar-refractivity contribution is 5.77. The van der Waals surface area contributed by atoms with Gasteiger partial charge in [0.1, 0.15) is 5.82 Å². The zero-order chi connectivity index (χ0) is 20.8. The highest BCUT2D eigenvalue weighted by Gasteiger charge is 2.46. The number of amides is 1. The number of hydrogen-bond acceptors (Lipinski definition) is 4. The number of nitrogens with zero attached hydrogens (tertiary/aromatic N) is 5. The molecule has 158 valence electrons. The van der Waals surface area contributed by atoms with Crippen molar-refractivity contribution in [1.29, 1.82) is 0 Å². The molecule has 4 heterocycles. The van der Waals surface area contributed by atoms with E-state index in [1.165, 1.54) is 0 Å². The van der Waals surface area contributed by atoms with E-state index in [4.69, 9.17) is 0 Å². The van der Waals surface area contributed by atoms with Crippen molar-refractivity contribution in [3.63, 3.8) is 0 Å². The summed E-state index contributed by atoms with van der Waals surface area (Å²) in [4.78, 5) is 14.7. The topological polar surface area (TPSA) is 68.0 Å². The molecule has 0 radical (unpaired) electrons. The van der Waals surface area contributed by atoms with Gasteiger partial charge in [-0.05, 0) is 39.2 Å². The minimum Gasteiger partial charge on any atom is -0.368 e. The molecule has 0 saturated carbocycles. The zero-order valence-electron chi connectivity index (χ0n) is 16.4. The van der Waals surface area contributed by atoms with Crippen LogP contribution in [0, 0.1) is 0 Å². The van der Waals surface area contributed by atoms with E-state index >= 15 is 0 Å². The van der Waals surface area contributed by atoms with Crippen LogP contribution in [0.25, 0.3) is 0 Å². The number of carbonyl (C=O) groups excluding carboxylic acids is 1. The summed E-state index contributed by atoms with van der Waals surface area (Å²) in [7, 11) is 0. The van der Waals surface area contributed by atoms with Crippen LogP contribution in [0.4, 0.5) is 19.0 Å². The Morgan fingerprint density at radius 2 is 2.21 bits per heavy atom. The maximum absolute atomic E-state index is 13.5. The molecule has 0 unspecified atom stereocenters. The molecule has 1 N–H and O–H groups in total. The van der Waals surface area contributed by atoms with Crippen molar-refractivity contribution >= 4 is 11.7 Å². The lowest BCUT2D eigenvalue weighted by Gasteiger charge is -2.31. The number of hydrogen-bond donors (Lipinski definition) is 1. The molecular weight excluding hydrogens is 385 g/mol. The first-order valence-electron chi connectivity index (χ1n) is 9.95. The van der Waals surface area contributed by atoms with E-state index in [0.29, 0.717) is 24.5 Å². The number of aromatic nitrogens is 4. The molecule has 2 aliphatic rings. The minimum atomic E-state index is -4.36. The normalized spacial score (nSPS) is 25.6. The fourth-order valence-corrected chi connectivity index (χ4v) is 4.32. The van der Waals surface area contributed by atoms with Crippen LogP contribution in [0.2, 0.25) is 0 Å². The van der Waals surface area contributed by atoms with E-state index < -0.39 is 12.2 Å². The van der Waals surface area contributed by atoms with Crippen molar-refractivity contribution < 1.29 is 18.0 Å². The Balaban J connectivity index is 1.54. The molecule has 2 aliphatic heterocycles. The second-order valence-corrected chi connectivity index (χ2v) is 8.02. The van der Waals surface area contributed by atoms with Crippen LogP contribution < -0.4 is 5.32 Å². The summed E-state index contributed by atoms with van der Waals surface area (Å²) < 4.78 is 43.3. The fourth-order valence-electron chi connectivity index (χ4n) is 4.32. The minimum absolute atomic E-state index is 0.0322. The standard InChI is InChI=1S/C19H25F3N6O/c1-12-9-16(19(20,21)22)28-17(24-12)11-14(25-28)15-5-3-7-26(15)18(29)10-13(2)27-8-4-6-23-27/h4,6,8,11-13,15-16,24H,3,5,7,9-10H2,1-2H3/t12-,13-,15-,16-/m1/s1. The number of likely N-dealkylation sites (tertiary alicyclic amines) is 1. The molecule has 0 bridgehead atoms. The second-order valence-electron chi connectivity index (χ2n) is 8.02. The lowest BCUT2D eigenvalue weighted by Crippen LogP contribution is -2.38. The molecule has 1 fully saturated rings. The highest BCUT2D eigenvalue weighted by Crippen LogP contribution is 2.41. The third-order valence-electron chi connectivity index (χ3n) is 5.76. The molecule has 0 aliphatic carbocycles. The maximum atomic E-state index is 13.5. The quantitative estimate of drug-likeness (QED) is 0.835. The number of fused-ring (bicyclic) bond motifs is 1. The van der Waals surface area contributed by atoms with E-state index in [2.05, 4.69) is 15.5 Å². The summed E-state index contributed by atoms with van der Waals surface area (Å²) in [5.41, 5.74) is 0.522. The summed E-state index contributed by atoms with van der Waals surface area (Å²) in [5, 5.41) is 11.6. The first-order valence-corrected chi connectivity index (χ1v) is 9.95. The molecule has 1 amide bonds.